The Morgan fingerprint density at radius 2 is 2.00 bits per heavy atom. The van der Waals surface area contributed by atoms with Gasteiger partial charge in [-0.2, -0.15) is 0 Å². The molecule has 0 saturated heterocycles. The van der Waals surface area contributed by atoms with E-state index >= 15 is 0 Å². The molecular weight excluding hydrogens is 256 g/mol. The highest BCUT2D eigenvalue weighted by Gasteiger charge is 2.39. The average Bonchev–Trinajstić information content (AvgIpc) is 2.94. The second-order valence-corrected chi connectivity index (χ2v) is 6.71. The predicted molar refractivity (Wildman–Crippen MR) is 89.1 cm³/mol. The van der Waals surface area contributed by atoms with Crippen molar-refractivity contribution >= 4 is 5.57 Å². The minimum Gasteiger partial charge on any atom is -0.385 e. The average molecular weight is 282 g/mol. The van der Waals surface area contributed by atoms with Gasteiger partial charge >= 0.3 is 0 Å². The van der Waals surface area contributed by atoms with Crippen LogP contribution in [-0.4, -0.2) is 13.7 Å². The van der Waals surface area contributed by atoms with Crippen LogP contribution >= 0.6 is 0 Å². The highest BCUT2D eigenvalue weighted by Crippen LogP contribution is 2.53. The van der Waals surface area contributed by atoms with E-state index in [1.165, 1.54) is 36.8 Å². The molecule has 1 aromatic carbocycles. The predicted octanol–water partition coefficient (Wildman–Crippen LogP) is 5.24. The molecule has 0 amide bonds. The summed E-state index contributed by atoms with van der Waals surface area (Å²) in [6.45, 7) is 3.34. The molecule has 1 heteroatoms. The van der Waals surface area contributed by atoms with Gasteiger partial charge in [0, 0.05) is 19.6 Å². The standard InChI is InChI=1S/C20H26O/c1-20(14-7-15-21-2)13-6-10-18-17(11-12-19(18)20)16-8-4-3-5-9-16/h3-5,8-9,11-12,18H,6-7,10,13-15H2,1-2H3/t18-,20+/m0/s1. The van der Waals surface area contributed by atoms with E-state index in [9.17, 15) is 0 Å². The normalized spacial score (nSPS) is 28.0. The van der Waals surface area contributed by atoms with Crippen molar-refractivity contribution in [2.45, 2.75) is 39.0 Å². The molecule has 2 aliphatic carbocycles. The van der Waals surface area contributed by atoms with Crippen molar-refractivity contribution in [3.63, 3.8) is 0 Å². The molecule has 1 fully saturated rings. The smallest absolute Gasteiger partial charge is 0.0462 e. The van der Waals surface area contributed by atoms with Gasteiger partial charge in [0.05, 0.1) is 0 Å². The molecule has 0 unspecified atom stereocenters. The molecule has 2 atom stereocenters. The van der Waals surface area contributed by atoms with E-state index in [-0.39, 0.29) is 0 Å². The van der Waals surface area contributed by atoms with Crippen molar-refractivity contribution in [3.8, 4) is 0 Å². The largest absolute Gasteiger partial charge is 0.385 e. The summed E-state index contributed by atoms with van der Waals surface area (Å²) in [7, 11) is 1.80. The summed E-state index contributed by atoms with van der Waals surface area (Å²) in [4.78, 5) is 0. The number of methoxy groups -OCH3 is 1. The summed E-state index contributed by atoms with van der Waals surface area (Å²) in [6, 6.07) is 10.9. The van der Waals surface area contributed by atoms with Crippen LogP contribution in [0.4, 0.5) is 0 Å². The molecule has 0 radical (unpaired) electrons. The molecular formula is C20H26O. The highest BCUT2D eigenvalue weighted by molar-refractivity contribution is 5.75. The maximum Gasteiger partial charge on any atom is 0.0462 e. The Labute approximate surface area is 128 Å². The van der Waals surface area contributed by atoms with E-state index in [0.29, 0.717) is 11.3 Å². The van der Waals surface area contributed by atoms with Crippen LogP contribution < -0.4 is 0 Å². The van der Waals surface area contributed by atoms with Gasteiger partial charge < -0.3 is 4.74 Å². The number of benzene rings is 1. The number of rotatable bonds is 5. The van der Waals surface area contributed by atoms with Crippen LogP contribution in [0.5, 0.6) is 0 Å². The molecule has 1 saturated carbocycles. The molecule has 21 heavy (non-hydrogen) atoms. The summed E-state index contributed by atoms with van der Waals surface area (Å²) in [5, 5.41) is 0. The third kappa shape index (κ3) is 2.85. The Morgan fingerprint density at radius 1 is 1.19 bits per heavy atom. The molecule has 0 aromatic heterocycles. The van der Waals surface area contributed by atoms with Crippen LogP contribution in [0, 0.1) is 11.3 Å². The summed E-state index contributed by atoms with van der Waals surface area (Å²) < 4.78 is 5.25. The zero-order chi connectivity index (χ0) is 14.7. The second kappa shape index (κ2) is 6.19. The number of ether oxygens (including phenoxy) is 1. The molecule has 0 spiro atoms. The zero-order valence-corrected chi connectivity index (χ0v) is 13.3. The second-order valence-electron chi connectivity index (χ2n) is 6.71. The Balaban J connectivity index is 1.77. The third-order valence-corrected chi connectivity index (χ3v) is 5.30. The van der Waals surface area contributed by atoms with Crippen molar-refractivity contribution in [1.82, 2.24) is 0 Å². The number of allylic oxidation sites excluding steroid dienone is 4. The minimum absolute atomic E-state index is 0.370. The van der Waals surface area contributed by atoms with Crippen molar-refractivity contribution in [1.29, 1.82) is 0 Å². The van der Waals surface area contributed by atoms with Crippen molar-refractivity contribution in [2.24, 2.45) is 11.3 Å². The Kier molecular flexibility index (Phi) is 4.30. The van der Waals surface area contributed by atoms with Crippen LogP contribution in [0.3, 0.4) is 0 Å². The Morgan fingerprint density at radius 3 is 2.76 bits per heavy atom. The van der Waals surface area contributed by atoms with Gasteiger partial charge in [0.25, 0.3) is 0 Å². The number of hydrogen-bond acceptors (Lipinski definition) is 1. The SMILES string of the molecule is COCCC[C@@]1(C)CCC[C@H]2C(c3ccccc3)=CC=C21. The van der Waals surface area contributed by atoms with Gasteiger partial charge in [-0.15, -0.1) is 0 Å². The monoisotopic (exact) mass is 282 g/mol. The van der Waals surface area contributed by atoms with Gasteiger partial charge in [-0.3, -0.25) is 0 Å². The van der Waals surface area contributed by atoms with Gasteiger partial charge in [0.1, 0.15) is 0 Å². The lowest BCUT2D eigenvalue weighted by molar-refractivity contribution is 0.168. The van der Waals surface area contributed by atoms with Gasteiger partial charge in [-0.1, -0.05) is 61.4 Å². The van der Waals surface area contributed by atoms with Gasteiger partial charge in [-0.25, -0.2) is 0 Å². The van der Waals surface area contributed by atoms with Crippen molar-refractivity contribution < 1.29 is 4.74 Å². The van der Waals surface area contributed by atoms with Crippen molar-refractivity contribution in [2.75, 3.05) is 13.7 Å². The molecule has 0 N–H and O–H groups in total. The number of hydrogen-bond donors (Lipinski definition) is 0. The molecule has 3 rings (SSSR count). The Hall–Kier alpha value is -1.34. The van der Waals surface area contributed by atoms with Crippen molar-refractivity contribution in [3.05, 3.63) is 53.6 Å². The first-order valence-electron chi connectivity index (χ1n) is 8.21. The summed E-state index contributed by atoms with van der Waals surface area (Å²) in [5.41, 5.74) is 4.97. The quantitative estimate of drug-likeness (QED) is 0.671. The van der Waals surface area contributed by atoms with E-state index in [4.69, 9.17) is 4.74 Å². The van der Waals surface area contributed by atoms with Gasteiger partial charge in [0.2, 0.25) is 0 Å². The van der Waals surface area contributed by atoms with Crippen LogP contribution in [0.2, 0.25) is 0 Å². The summed E-state index contributed by atoms with van der Waals surface area (Å²) in [5.74, 6) is 0.647. The fourth-order valence-electron chi connectivity index (χ4n) is 4.16. The van der Waals surface area contributed by atoms with Crippen LogP contribution in [0.1, 0.15) is 44.6 Å². The molecule has 0 aliphatic heterocycles. The van der Waals surface area contributed by atoms with Gasteiger partial charge in [-0.05, 0) is 42.2 Å². The first-order chi connectivity index (χ1) is 10.2. The fraction of sp³-hybridized carbons (Fsp3) is 0.500. The number of fused-ring (bicyclic) bond motifs is 1. The van der Waals surface area contributed by atoms with Gasteiger partial charge in [0.15, 0.2) is 0 Å². The minimum atomic E-state index is 0.370. The lowest BCUT2D eigenvalue weighted by Crippen LogP contribution is -2.28. The van der Waals surface area contributed by atoms with Crippen LogP contribution in [-0.2, 0) is 4.74 Å². The maximum atomic E-state index is 5.25. The maximum absolute atomic E-state index is 5.25. The molecule has 0 bridgehead atoms. The lowest BCUT2D eigenvalue weighted by Gasteiger charge is -2.40. The summed E-state index contributed by atoms with van der Waals surface area (Å²) in [6.07, 6.45) is 11.2. The van der Waals surface area contributed by atoms with E-state index < -0.39 is 0 Å². The van der Waals surface area contributed by atoms with Crippen LogP contribution in [0.25, 0.3) is 5.57 Å². The van der Waals surface area contributed by atoms with E-state index in [1.807, 2.05) is 0 Å². The first kappa shape index (κ1) is 14.6. The van der Waals surface area contributed by atoms with E-state index in [0.717, 1.165) is 13.0 Å². The van der Waals surface area contributed by atoms with E-state index in [1.54, 1.807) is 12.7 Å². The van der Waals surface area contributed by atoms with E-state index in [2.05, 4.69) is 49.4 Å². The Bertz CT molecular complexity index is 540. The topological polar surface area (TPSA) is 9.23 Å². The molecule has 1 aromatic rings. The third-order valence-electron chi connectivity index (χ3n) is 5.30. The molecule has 2 aliphatic rings. The fourth-order valence-corrected chi connectivity index (χ4v) is 4.16. The molecule has 0 heterocycles. The molecule has 1 nitrogen and oxygen atoms in total. The van der Waals surface area contributed by atoms with Crippen LogP contribution in [0.15, 0.2) is 48.1 Å². The lowest BCUT2D eigenvalue weighted by atomic mass is 9.64. The zero-order valence-electron chi connectivity index (χ0n) is 13.3. The summed E-state index contributed by atoms with van der Waals surface area (Å²) >= 11 is 0. The molecule has 112 valence electrons. The highest BCUT2D eigenvalue weighted by atomic mass is 16.5. The first-order valence-corrected chi connectivity index (χ1v) is 8.21.